The fourth-order valence-electron chi connectivity index (χ4n) is 2.71. The van der Waals surface area contributed by atoms with Gasteiger partial charge in [0.15, 0.2) is 0 Å². The number of hydrogen-bond acceptors (Lipinski definition) is 4. The molecule has 0 saturated heterocycles. The fraction of sp³-hybridized carbons (Fsp3) is 0.286. The Bertz CT molecular complexity index is 773. The number of nitrogens with one attached hydrogen (secondary N) is 2. The summed E-state index contributed by atoms with van der Waals surface area (Å²) < 4.78 is 4.66. The molecule has 2 rings (SSSR count). The third-order valence-electron chi connectivity index (χ3n) is 4.08. The molecule has 6 nitrogen and oxygen atoms in total. The summed E-state index contributed by atoms with van der Waals surface area (Å²) in [6.45, 7) is 1.91. The van der Waals surface area contributed by atoms with Crippen LogP contribution in [-0.2, 0) is 20.7 Å². The van der Waals surface area contributed by atoms with E-state index < -0.39 is 0 Å². The maximum Gasteiger partial charge on any atom is 0.337 e. The van der Waals surface area contributed by atoms with Crippen LogP contribution in [-0.4, -0.2) is 31.4 Å². The van der Waals surface area contributed by atoms with Crippen LogP contribution in [0.1, 0.15) is 40.9 Å². The maximum atomic E-state index is 12.3. The van der Waals surface area contributed by atoms with E-state index in [4.69, 9.17) is 0 Å². The Labute approximate surface area is 158 Å². The zero-order chi connectivity index (χ0) is 19.6. The normalized spacial score (nSPS) is 11.3. The minimum atomic E-state index is -0.375. The molecular weight excluding hydrogens is 344 g/mol. The van der Waals surface area contributed by atoms with Crippen LogP contribution >= 0.6 is 0 Å². The molecular formula is C21H24N2O4. The second kappa shape index (κ2) is 10.1. The van der Waals surface area contributed by atoms with Gasteiger partial charge in [-0.25, -0.2) is 4.79 Å². The van der Waals surface area contributed by atoms with Crippen LogP contribution in [0.25, 0.3) is 0 Å². The van der Waals surface area contributed by atoms with E-state index in [0.717, 1.165) is 11.1 Å². The van der Waals surface area contributed by atoms with E-state index in [1.165, 1.54) is 14.0 Å². The first-order chi connectivity index (χ1) is 13.0. The number of ether oxygens (including phenoxy) is 1. The number of amides is 2. The summed E-state index contributed by atoms with van der Waals surface area (Å²) in [5, 5.41) is 5.69. The van der Waals surface area contributed by atoms with Crippen LogP contribution in [0.4, 0.5) is 0 Å². The number of esters is 1. The Morgan fingerprint density at radius 1 is 1.00 bits per heavy atom. The van der Waals surface area contributed by atoms with Gasteiger partial charge in [0, 0.05) is 13.5 Å². The van der Waals surface area contributed by atoms with Crippen molar-refractivity contribution in [3.63, 3.8) is 0 Å². The molecule has 0 aromatic heterocycles. The minimum Gasteiger partial charge on any atom is -0.465 e. The Morgan fingerprint density at radius 2 is 1.67 bits per heavy atom. The molecule has 2 aromatic carbocycles. The second-order valence-corrected chi connectivity index (χ2v) is 6.16. The van der Waals surface area contributed by atoms with Crippen molar-refractivity contribution < 1.29 is 19.1 Å². The van der Waals surface area contributed by atoms with E-state index in [1.807, 2.05) is 42.5 Å². The molecule has 27 heavy (non-hydrogen) atoms. The van der Waals surface area contributed by atoms with Gasteiger partial charge in [0.25, 0.3) is 0 Å². The van der Waals surface area contributed by atoms with Gasteiger partial charge in [-0.05, 0) is 29.7 Å². The molecule has 0 heterocycles. The van der Waals surface area contributed by atoms with Crippen molar-refractivity contribution >= 4 is 17.8 Å². The highest BCUT2D eigenvalue weighted by molar-refractivity contribution is 5.89. The third kappa shape index (κ3) is 6.58. The molecule has 0 spiro atoms. The van der Waals surface area contributed by atoms with Crippen LogP contribution in [0.3, 0.4) is 0 Å². The quantitative estimate of drug-likeness (QED) is 0.701. The highest BCUT2D eigenvalue weighted by Crippen LogP contribution is 2.16. The van der Waals surface area contributed by atoms with Crippen molar-refractivity contribution in [3.05, 3.63) is 71.3 Å². The van der Waals surface area contributed by atoms with E-state index in [1.54, 1.807) is 12.1 Å². The summed E-state index contributed by atoms with van der Waals surface area (Å²) >= 11 is 0. The van der Waals surface area contributed by atoms with Crippen molar-refractivity contribution in [2.75, 3.05) is 13.7 Å². The van der Waals surface area contributed by atoms with Crippen molar-refractivity contribution in [1.82, 2.24) is 10.6 Å². The van der Waals surface area contributed by atoms with E-state index in [0.29, 0.717) is 18.5 Å². The molecule has 1 atom stereocenters. The average Bonchev–Trinajstić information content (AvgIpc) is 2.67. The van der Waals surface area contributed by atoms with E-state index in [-0.39, 0.29) is 30.2 Å². The predicted octanol–water partition coefficient (Wildman–Crippen LogP) is 2.40. The molecule has 1 unspecified atom stereocenters. The fourth-order valence-corrected chi connectivity index (χ4v) is 2.71. The van der Waals surface area contributed by atoms with Crippen molar-refractivity contribution in [1.29, 1.82) is 0 Å². The lowest BCUT2D eigenvalue weighted by Gasteiger charge is -2.18. The summed E-state index contributed by atoms with van der Waals surface area (Å²) in [4.78, 5) is 35.1. The predicted molar refractivity (Wildman–Crippen MR) is 102 cm³/mol. The molecule has 0 fully saturated rings. The van der Waals surface area contributed by atoms with Crippen LogP contribution in [0.15, 0.2) is 54.6 Å². The molecule has 0 aliphatic rings. The molecule has 2 amide bonds. The van der Waals surface area contributed by atoms with E-state index in [9.17, 15) is 14.4 Å². The van der Waals surface area contributed by atoms with E-state index >= 15 is 0 Å². The first-order valence-electron chi connectivity index (χ1n) is 8.75. The highest BCUT2D eigenvalue weighted by atomic mass is 16.5. The smallest absolute Gasteiger partial charge is 0.337 e. The second-order valence-electron chi connectivity index (χ2n) is 6.16. The lowest BCUT2D eigenvalue weighted by atomic mass is 10.0. The summed E-state index contributed by atoms with van der Waals surface area (Å²) in [6, 6.07) is 16.1. The molecule has 6 heteroatoms. The zero-order valence-corrected chi connectivity index (χ0v) is 15.5. The van der Waals surface area contributed by atoms with Gasteiger partial charge in [-0.2, -0.15) is 0 Å². The lowest BCUT2D eigenvalue weighted by Crippen LogP contribution is -2.33. The topological polar surface area (TPSA) is 84.5 Å². The van der Waals surface area contributed by atoms with E-state index in [2.05, 4.69) is 15.4 Å². The van der Waals surface area contributed by atoms with Gasteiger partial charge in [-0.15, -0.1) is 0 Å². The number of methoxy groups -OCH3 is 1. The van der Waals surface area contributed by atoms with Crippen LogP contribution in [0, 0.1) is 0 Å². The molecule has 2 aromatic rings. The van der Waals surface area contributed by atoms with Gasteiger partial charge in [0.05, 0.1) is 25.1 Å². The summed E-state index contributed by atoms with van der Waals surface area (Å²) in [6.07, 6.45) is 0.814. The zero-order valence-electron chi connectivity index (χ0n) is 15.5. The van der Waals surface area contributed by atoms with Crippen molar-refractivity contribution in [3.8, 4) is 0 Å². The Morgan fingerprint density at radius 3 is 2.26 bits per heavy atom. The Balaban J connectivity index is 1.85. The summed E-state index contributed by atoms with van der Waals surface area (Å²) in [7, 11) is 1.34. The first-order valence-corrected chi connectivity index (χ1v) is 8.75. The largest absolute Gasteiger partial charge is 0.465 e. The summed E-state index contributed by atoms with van der Waals surface area (Å²) in [5.74, 6) is -0.689. The maximum absolute atomic E-state index is 12.3. The molecule has 0 bridgehead atoms. The van der Waals surface area contributed by atoms with Gasteiger partial charge >= 0.3 is 5.97 Å². The molecule has 0 aliphatic heterocycles. The number of carbonyl (C=O) groups excluding carboxylic acids is 3. The Kier molecular flexibility index (Phi) is 7.55. The van der Waals surface area contributed by atoms with Crippen LogP contribution in [0.5, 0.6) is 0 Å². The van der Waals surface area contributed by atoms with Gasteiger partial charge < -0.3 is 15.4 Å². The molecule has 2 N–H and O–H groups in total. The van der Waals surface area contributed by atoms with Gasteiger partial charge in [0.1, 0.15) is 0 Å². The monoisotopic (exact) mass is 368 g/mol. The Hall–Kier alpha value is -3.15. The summed E-state index contributed by atoms with van der Waals surface area (Å²) in [5.41, 5.74) is 2.39. The molecule has 142 valence electrons. The average molecular weight is 368 g/mol. The van der Waals surface area contributed by atoms with Crippen molar-refractivity contribution in [2.45, 2.75) is 25.8 Å². The first kappa shape index (κ1) is 20.2. The standard InChI is InChI=1S/C21H24N2O4/c1-15(24)23-19(17-6-4-3-5-7-17)14-20(25)22-13-12-16-8-10-18(11-9-16)21(26)27-2/h3-11,19H,12-14H2,1-2H3,(H,22,25)(H,23,24). The van der Waals surface area contributed by atoms with Crippen LogP contribution < -0.4 is 10.6 Å². The van der Waals surface area contributed by atoms with Gasteiger partial charge in [0.2, 0.25) is 11.8 Å². The number of carbonyl (C=O) groups is 3. The molecule has 0 saturated carbocycles. The van der Waals surface area contributed by atoms with Crippen LogP contribution in [0.2, 0.25) is 0 Å². The number of hydrogen-bond donors (Lipinski definition) is 2. The number of rotatable bonds is 8. The van der Waals surface area contributed by atoms with Crippen molar-refractivity contribution in [2.24, 2.45) is 0 Å². The van der Waals surface area contributed by atoms with Gasteiger partial charge in [-0.1, -0.05) is 42.5 Å². The number of benzene rings is 2. The highest BCUT2D eigenvalue weighted by Gasteiger charge is 2.16. The lowest BCUT2D eigenvalue weighted by molar-refractivity contribution is -0.122. The van der Waals surface area contributed by atoms with Gasteiger partial charge in [-0.3, -0.25) is 9.59 Å². The molecule has 0 aliphatic carbocycles. The SMILES string of the molecule is COC(=O)c1ccc(CCNC(=O)CC(NC(C)=O)c2ccccc2)cc1. The third-order valence-corrected chi connectivity index (χ3v) is 4.08. The minimum absolute atomic E-state index is 0.135. The molecule has 0 radical (unpaired) electrons.